The minimum Gasteiger partial charge on any atom is -0.381 e. The zero-order valence-electron chi connectivity index (χ0n) is 11.9. The molecule has 0 saturated heterocycles. The molecule has 0 aromatic heterocycles. The van der Waals surface area contributed by atoms with E-state index in [-0.39, 0.29) is 0 Å². The number of aryl methyl sites for hydroxylation is 1. The van der Waals surface area contributed by atoms with E-state index in [1.807, 2.05) is 6.07 Å². The van der Waals surface area contributed by atoms with Crippen LogP contribution >= 0.6 is 11.6 Å². The van der Waals surface area contributed by atoms with Crippen molar-refractivity contribution in [2.45, 2.75) is 31.7 Å². The van der Waals surface area contributed by atoms with Gasteiger partial charge in [-0.1, -0.05) is 41.4 Å². The first-order valence-corrected chi connectivity index (χ1v) is 7.56. The molecule has 0 bridgehead atoms. The lowest BCUT2D eigenvalue weighted by atomic mass is 9.75. The minimum absolute atomic E-state index is 0.418. The Labute approximate surface area is 130 Å². The molecule has 1 N–H and O–H groups in total. The Morgan fingerprint density at radius 1 is 1.19 bits per heavy atom. The molecule has 1 aliphatic rings. The second-order valence-electron chi connectivity index (χ2n) is 5.73. The number of benzene rings is 2. The molecule has 0 heterocycles. The number of nitriles is 1. The van der Waals surface area contributed by atoms with Crippen molar-refractivity contribution in [3.05, 3.63) is 64.2 Å². The quantitative estimate of drug-likeness (QED) is 0.876. The highest BCUT2D eigenvalue weighted by Gasteiger charge is 2.30. The Hall–Kier alpha value is -1.98. The van der Waals surface area contributed by atoms with Gasteiger partial charge >= 0.3 is 0 Å². The van der Waals surface area contributed by atoms with E-state index in [1.54, 1.807) is 12.1 Å². The predicted octanol–water partition coefficient (Wildman–Crippen LogP) is 4.88. The normalized spacial score (nSPS) is 20.4. The van der Waals surface area contributed by atoms with Gasteiger partial charge in [0, 0.05) is 11.1 Å². The van der Waals surface area contributed by atoms with Crippen molar-refractivity contribution < 1.29 is 0 Å². The van der Waals surface area contributed by atoms with Gasteiger partial charge in [0.05, 0.1) is 11.3 Å². The second-order valence-corrected chi connectivity index (χ2v) is 6.16. The summed E-state index contributed by atoms with van der Waals surface area (Å²) in [5, 5.41) is 13.2. The number of nitrogens with one attached hydrogen (secondary N) is 1. The standard InChI is InChI=1S/C18H17ClN2/c1-12-3-2-4-13(7-12)15-8-17(9-15)21-18-10-16(19)6-5-14(18)11-20/h2-7,10,15,17,21H,8-9H2,1H3. The van der Waals surface area contributed by atoms with Crippen LogP contribution in [0.3, 0.4) is 0 Å². The Morgan fingerprint density at radius 3 is 2.71 bits per heavy atom. The van der Waals surface area contributed by atoms with E-state index in [0.717, 1.165) is 18.5 Å². The van der Waals surface area contributed by atoms with Crippen molar-refractivity contribution in [2.75, 3.05) is 5.32 Å². The highest BCUT2D eigenvalue weighted by atomic mass is 35.5. The molecule has 2 aromatic rings. The van der Waals surface area contributed by atoms with Crippen molar-refractivity contribution in [1.82, 2.24) is 0 Å². The van der Waals surface area contributed by atoms with Crippen LogP contribution in [0.15, 0.2) is 42.5 Å². The van der Waals surface area contributed by atoms with E-state index in [4.69, 9.17) is 16.9 Å². The summed E-state index contributed by atoms with van der Waals surface area (Å²) in [4.78, 5) is 0. The molecule has 1 aliphatic carbocycles. The van der Waals surface area contributed by atoms with Crippen molar-refractivity contribution in [1.29, 1.82) is 5.26 Å². The number of hydrogen-bond donors (Lipinski definition) is 1. The summed E-state index contributed by atoms with van der Waals surface area (Å²) in [7, 11) is 0. The highest BCUT2D eigenvalue weighted by molar-refractivity contribution is 6.30. The first-order valence-electron chi connectivity index (χ1n) is 7.18. The predicted molar refractivity (Wildman–Crippen MR) is 86.7 cm³/mol. The van der Waals surface area contributed by atoms with E-state index in [1.165, 1.54) is 11.1 Å². The fourth-order valence-corrected chi connectivity index (χ4v) is 3.06. The Bertz CT molecular complexity index is 697. The van der Waals surface area contributed by atoms with E-state index < -0.39 is 0 Å². The number of hydrogen-bond acceptors (Lipinski definition) is 2. The van der Waals surface area contributed by atoms with Gasteiger partial charge in [-0.05, 0) is 49.4 Å². The monoisotopic (exact) mass is 296 g/mol. The number of nitrogens with zero attached hydrogens (tertiary/aromatic N) is 1. The molecule has 106 valence electrons. The SMILES string of the molecule is Cc1cccc(C2CC(Nc3cc(Cl)ccc3C#N)C2)c1. The smallest absolute Gasteiger partial charge is 0.101 e. The van der Waals surface area contributed by atoms with E-state index in [2.05, 4.69) is 42.6 Å². The Morgan fingerprint density at radius 2 is 2.00 bits per heavy atom. The maximum atomic E-state index is 9.14. The van der Waals surface area contributed by atoms with Crippen molar-refractivity contribution >= 4 is 17.3 Å². The number of rotatable bonds is 3. The molecular weight excluding hydrogens is 280 g/mol. The summed E-state index contributed by atoms with van der Waals surface area (Å²) in [6, 6.07) is 16.7. The molecule has 0 atom stereocenters. The van der Waals surface area contributed by atoms with Crippen LogP contribution in [0.1, 0.15) is 35.4 Å². The zero-order chi connectivity index (χ0) is 14.8. The van der Waals surface area contributed by atoms with E-state index >= 15 is 0 Å². The van der Waals surface area contributed by atoms with Crippen LogP contribution in [-0.4, -0.2) is 6.04 Å². The molecule has 21 heavy (non-hydrogen) atoms. The lowest BCUT2D eigenvalue weighted by molar-refractivity contribution is 0.374. The third-order valence-corrected chi connectivity index (χ3v) is 4.35. The number of anilines is 1. The lowest BCUT2D eigenvalue weighted by Crippen LogP contribution is -2.34. The van der Waals surface area contributed by atoms with Gasteiger partial charge in [-0.2, -0.15) is 5.26 Å². The average molecular weight is 297 g/mol. The lowest BCUT2D eigenvalue weighted by Gasteiger charge is -2.37. The van der Waals surface area contributed by atoms with Gasteiger partial charge in [0.15, 0.2) is 0 Å². The van der Waals surface area contributed by atoms with E-state index in [0.29, 0.717) is 22.5 Å². The minimum atomic E-state index is 0.418. The molecule has 3 rings (SSSR count). The molecular formula is C18H17ClN2. The van der Waals surface area contributed by atoms with Gasteiger partial charge in [0.1, 0.15) is 6.07 Å². The summed E-state index contributed by atoms with van der Waals surface area (Å²) in [6.45, 7) is 2.13. The van der Waals surface area contributed by atoms with Gasteiger partial charge in [-0.15, -0.1) is 0 Å². The maximum Gasteiger partial charge on any atom is 0.101 e. The molecule has 2 aromatic carbocycles. The highest BCUT2D eigenvalue weighted by Crippen LogP contribution is 2.39. The molecule has 1 fully saturated rings. The average Bonchev–Trinajstić information content (AvgIpc) is 2.42. The first kappa shape index (κ1) is 14.0. The third kappa shape index (κ3) is 3.04. The molecule has 1 saturated carbocycles. The zero-order valence-corrected chi connectivity index (χ0v) is 12.7. The van der Waals surface area contributed by atoms with Crippen molar-refractivity contribution in [2.24, 2.45) is 0 Å². The van der Waals surface area contributed by atoms with Gasteiger partial charge < -0.3 is 5.32 Å². The van der Waals surface area contributed by atoms with Crippen LogP contribution in [0.4, 0.5) is 5.69 Å². The second kappa shape index (κ2) is 5.79. The van der Waals surface area contributed by atoms with Gasteiger partial charge in [-0.25, -0.2) is 0 Å². The van der Waals surface area contributed by atoms with Gasteiger partial charge in [0.2, 0.25) is 0 Å². The molecule has 0 aliphatic heterocycles. The fraction of sp³-hybridized carbons (Fsp3) is 0.278. The summed E-state index contributed by atoms with van der Waals surface area (Å²) in [5.74, 6) is 0.618. The van der Waals surface area contributed by atoms with Gasteiger partial charge in [-0.3, -0.25) is 0 Å². The molecule has 0 spiro atoms. The van der Waals surface area contributed by atoms with Crippen LogP contribution in [0.2, 0.25) is 5.02 Å². The maximum absolute atomic E-state index is 9.14. The van der Waals surface area contributed by atoms with Crippen molar-refractivity contribution in [3.8, 4) is 6.07 Å². The third-order valence-electron chi connectivity index (χ3n) is 4.11. The summed E-state index contributed by atoms with van der Waals surface area (Å²) in [6.07, 6.45) is 2.20. The largest absolute Gasteiger partial charge is 0.381 e. The molecule has 2 nitrogen and oxygen atoms in total. The van der Waals surface area contributed by atoms with Crippen LogP contribution < -0.4 is 5.32 Å². The van der Waals surface area contributed by atoms with E-state index in [9.17, 15) is 0 Å². The fourth-order valence-electron chi connectivity index (χ4n) is 2.89. The molecule has 0 unspecified atom stereocenters. The molecule has 3 heteroatoms. The topological polar surface area (TPSA) is 35.8 Å². The molecule has 0 radical (unpaired) electrons. The Balaban J connectivity index is 1.65. The van der Waals surface area contributed by atoms with Crippen molar-refractivity contribution in [3.63, 3.8) is 0 Å². The summed E-state index contributed by atoms with van der Waals surface area (Å²) >= 11 is 6.01. The number of halogens is 1. The Kier molecular flexibility index (Phi) is 3.86. The van der Waals surface area contributed by atoms with Crippen LogP contribution in [-0.2, 0) is 0 Å². The van der Waals surface area contributed by atoms with Gasteiger partial charge in [0.25, 0.3) is 0 Å². The van der Waals surface area contributed by atoms with Crippen LogP contribution in [0, 0.1) is 18.3 Å². The van der Waals surface area contributed by atoms with Crippen LogP contribution in [0.5, 0.6) is 0 Å². The molecule has 0 amide bonds. The van der Waals surface area contributed by atoms with Crippen LogP contribution in [0.25, 0.3) is 0 Å². The summed E-state index contributed by atoms with van der Waals surface area (Å²) in [5.41, 5.74) is 4.22. The first-order chi connectivity index (χ1) is 10.2. The summed E-state index contributed by atoms with van der Waals surface area (Å²) < 4.78 is 0.